The fourth-order valence-electron chi connectivity index (χ4n) is 0.879. The minimum atomic E-state index is 0.126. The van der Waals surface area contributed by atoms with Gasteiger partial charge in [0.2, 0.25) is 0 Å². The zero-order valence-electron chi connectivity index (χ0n) is 7.66. The normalized spacial score (nSPS) is 11.6. The molecule has 0 spiro atoms. The second-order valence-electron chi connectivity index (χ2n) is 3.19. The van der Waals surface area contributed by atoms with Gasteiger partial charge in [-0.15, -0.1) is 0 Å². The Morgan fingerprint density at radius 2 is 2.08 bits per heavy atom. The van der Waals surface area contributed by atoms with E-state index in [1.165, 1.54) is 5.56 Å². The quantitative estimate of drug-likeness (QED) is 0.762. The average Bonchev–Trinajstić information content (AvgIpc) is 2.05. The summed E-state index contributed by atoms with van der Waals surface area (Å²) in [7, 11) is 0. The Kier molecular flexibility index (Phi) is 2.62. The third-order valence-electron chi connectivity index (χ3n) is 1.99. The zero-order chi connectivity index (χ0) is 9.19. The highest BCUT2D eigenvalue weighted by Gasteiger charge is 2.18. The van der Waals surface area contributed by atoms with Crippen molar-refractivity contribution in [3.05, 3.63) is 23.9 Å². The van der Waals surface area contributed by atoms with Crippen molar-refractivity contribution < 1.29 is 0 Å². The Hall–Kier alpha value is -0.700. The molecule has 1 aromatic heterocycles. The van der Waals surface area contributed by atoms with Crippen LogP contribution in [-0.2, 0) is 4.75 Å². The van der Waals surface area contributed by atoms with Gasteiger partial charge in [-0.25, -0.2) is 4.98 Å². The van der Waals surface area contributed by atoms with Crippen LogP contribution in [0.15, 0.2) is 18.3 Å². The van der Waals surface area contributed by atoms with Gasteiger partial charge < -0.3 is 5.73 Å². The van der Waals surface area contributed by atoms with Crippen LogP contribution >= 0.6 is 11.8 Å². The van der Waals surface area contributed by atoms with Gasteiger partial charge in [0.1, 0.15) is 5.82 Å². The van der Waals surface area contributed by atoms with Gasteiger partial charge in [0.15, 0.2) is 0 Å². The van der Waals surface area contributed by atoms with E-state index in [0.29, 0.717) is 5.82 Å². The van der Waals surface area contributed by atoms with Gasteiger partial charge >= 0.3 is 0 Å². The molecule has 0 aliphatic carbocycles. The van der Waals surface area contributed by atoms with E-state index in [-0.39, 0.29) is 4.75 Å². The van der Waals surface area contributed by atoms with Crippen molar-refractivity contribution in [1.82, 2.24) is 4.98 Å². The van der Waals surface area contributed by atoms with Gasteiger partial charge in [-0.05, 0) is 31.7 Å². The molecule has 0 saturated heterocycles. The lowest BCUT2D eigenvalue weighted by molar-refractivity contribution is 0.780. The van der Waals surface area contributed by atoms with E-state index in [0.717, 1.165) is 0 Å². The van der Waals surface area contributed by atoms with Gasteiger partial charge in [0, 0.05) is 10.9 Å². The molecule has 0 saturated carbocycles. The standard InChI is InChI=1S/C9H14N2S/c1-9(2,12-3)7-4-5-8(10)11-6-7/h4-6H,1-3H3,(H2,10,11). The molecule has 3 heteroatoms. The predicted octanol–water partition coefficient (Wildman–Crippen LogP) is 2.26. The number of rotatable bonds is 2. The summed E-state index contributed by atoms with van der Waals surface area (Å²) in [6.07, 6.45) is 3.93. The molecule has 0 radical (unpaired) electrons. The third-order valence-corrected chi connectivity index (χ3v) is 3.25. The van der Waals surface area contributed by atoms with E-state index in [4.69, 9.17) is 5.73 Å². The number of hydrogen-bond acceptors (Lipinski definition) is 3. The summed E-state index contributed by atoms with van der Waals surface area (Å²) < 4.78 is 0.126. The Morgan fingerprint density at radius 1 is 1.42 bits per heavy atom. The molecule has 0 aliphatic rings. The molecule has 1 rings (SSSR count). The molecule has 2 N–H and O–H groups in total. The Balaban J connectivity index is 2.96. The monoisotopic (exact) mass is 182 g/mol. The maximum atomic E-state index is 5.49. The second-order valence-corrected chi connectivity index (χ2v) is 4.62. The summed E-state index contributed by atoms with van der Waals surface area (Å²) in [5.74, 6) is 0.579. The van der Waals surface area contributed by atoms with Gasteiger partial charge in [-0.1, -0.05) is 6.07 Å². The molecular formula is C9H14N2S. The Morgan fingerprint density at radius 3 is 2.50 bits per heavy atom. The summed E-state index contributed by atoms with van der Waals surface area (Å²) >= 11 is 1.81. The first-order valence-electron chi connectivity index (χ1n) is 3.83. The van der Waals surface area contributed by atoms with Gasteiger partial charge in [-0.3, -0.25) is 0 Å². The number of nitrogen functional groups attached to an aromatic ring is 1. The second kappa shape index (κ2) is 3.35. The highest BCUT2D eigenvalue weighted by Crippen LogP contribution is 2.32. The first-order valence-corrected chi connectivity index (χ1v) is 5.06. The maximum absolute atomic E-state index is 5.49. The molecule has 0 atom stereocenters. The van der Waals surface area contributed by atoms with Gasteiger partial charge in [-0.2, -0.15) is 11.8 Å². The van der Waals surface area contributed by atoms with Crippen LogP contribution in [0.25, 0.3) is 0 Å². The SMILES string of the molecule is CSC(C)(C)c1ccc(N)nc1. The molecule has 0 aromatic carbocycles. The van der Waals surface area contributed by atoms with Crippen LogP contribution in [0.2, 0.25) is 0 Å². The number of nitrogens with zero attached hydrogens (tertiary/aromatic N) is 1. The van der Waals surface area contributed by atoms with Crippen LogP contribution in [0.1, 0.15) is 19.4 Å². The van der Waals surface area contributed by atoms with Crippen LogP contribution in [0.4, 0.5) is 5.82 Å². The topological polar surface area (TPSA) is 38.9 Å². The molecule has 1 aromatic rings. The van der Waals surface area contributed by atoms with E-state index < -0.39 is 0 Å². The van der Waals surface area contributed by atoms with Crippen LogP contribution in [0.3, 0.4) is 0 Å². The van der Waals surface area contributed by atoms with Crippen LogP contribution in [0.5, 0.6) is 0 Å². The third kappa shape index (κ3) is 1.91. The largest absolute Gasteiger partial charge is 0.384 e. The summed E-state index contributed by atoms with van der Waals surface area (Å²) in [5, 5.41) is 0. The number of aromatic nitrogens is 1. The molecule has 0 bridgehead atoms. The van der Waals surface area contributed by atoms with Crippen molar-refractivity contribution in [3.8, 4) is 0 Å². The first kappa shape index (κ1) is 9.39. The lowest BCUT2D eigenvalue weighted by atomic mass is 10.1. The van der Waals surface area contributed by atoms with Crippen molar-refractivity contribution in [2.75, 3.05) is 12.0 Å². The van der Waals surface area contributed by atoms with Crippen LogP contribution < -0.4 is 5.73 Å². The van der Waals surface area contributed by atoms with E-state index in [1.54, 1.807) is 11.8 Å². The Labute approximate surface area is 77.6 Å². The molecule has 0 aliphatic heterocycles. The maximum Gasteiger partial charge on any atom is 0.123 e. The summed E-state index contributed by atoms with van der Waals surface area (Å²) in [4.78, 5) is 4.06. The fourth-order valence-corrected chi connectivity index (χ4v) is 1.24. The lowest BCUT2D eigenvalue weighted by Crippen LogP contribution is -2.11. The summed E-state index contributed by atoms with van der Waals surface area (Å²) in [6.45, 7) is 4.34. The first-order chi connectivity index (χ1) is 5.56. The van der Waals surface area contributed by atoms with Gasteiger partial charge in [0.25, 0.3) is 0 Å². The van der Waals surface area contributed by atoms with Crippen molar-refractivity contribution >= 4 is 17.6 Å². The van der Waals surface area contributed by atoms with E-state index in [1.807, 2.05) is 18.3 Å². The molecule has 0 unspecified atom stereocenters. The highest BCUT2D eigenvalue weighted by molar-refractivity contribution is 7.99. The van der Waals surface area contributed by atoms with Crippen LogP contribution in [-0.4, -0.2) is 11.2 Å². The number of thioether (sulfide) groups is 1. The molecule has 66 valence electrons. The summed E-state index contributed by atoms with van der Waals surface area (Å²) in [5.41, 5.74) is 6.71. The zero-order valence-corrected chi connectivity index (χ0v) is 8.48. The molecule has 0 fully saturated rings. The number of pyridine rings is 1. The average molecular weight is 182 g/mol. The molecule has 1 heterocycles. The smallest absolute Gasteiger partial charge is 0.123 e. The summed E-state index contributed by atoms with van der Waals surface area (Å²) in [6, 6.07) is 3.87. The predicted molar refractivity (Wildman–Crippen MR) is 55.2 cm³/mol. The van der Waals surface area contributed by atoms with Crippen molar-refractivity contribution in [3.63, 3.8) is 0 Å². The molecular weight excluding hydrogens is 168 g/mol. The van der Waals surface area contributed by atoms with Crippen LogP contribution in [0, 0.1) is 0 Å². The van der Waals surface area contributed by atoms with E-state index in [2.05, 4.69) is 25.1 Å². The van der Waals surface area contributed by atoms with Crippen molar-refractivity contribution in [1.29, 1.82) is 0 Å². The Bertz CT molecular complexity index is 254. The minimum absolute atomic E-state index is 0.126. The lowest BCUT2D eigenvalue weighted by Gasteiger charge is -2.21. The molecule has 2 nitrogen and oxygen atoms in total. The fraction of sp³-hybridized carbons (Fsp3) is 0.444. The van der Waals surface area contributed by atoms with Gasteiger partial charge in [0.05, 0.1) is 0 Å². The van der Waals surface area contributed by atoms with Crippen molar-refractivity contribution in [2.24, 2.45) is 0 Å². The van der Waals surface area contributed by atoms with E-state index in [9.17, 15) is 0 Å². The number of hydrogen-bond donors (Lipinski definition) is 1. The van der Waals surface area contributed by atoms with E-state index >= 15 is 0 Å². The number of nitrogens with two attached hydrogens (primary N) is 1. The van der Waals surface area contributed by atoms with Crippen molar-refractivity contribution in [2.45, 2.75) is 18.6 Å². The molecule has 12 heavy (non-hydrogen) atoms. The highest BCUT2D eigenvalue weighted by atomic mass is 32.2. The number of anilines is 1. The molecule has 0 amide bonds. The minimum Gasteiger partial charge on any atom is -0.384 e.